The monoisotopic (exact) mass is 192 g/mol. The van der Waals surface area contributed by atoms with Gasteiger partial charge >= 0.3 is 0 Å². The second kappa shape index (κ2) is 6.57. The fourth-order valence-corrected chi connectivity index (χ4v) is 1.47. The van der Waals surface area contributed by atoms with Crippen LogP contribution in [0.1, 0.15) is 25.3 Å². The van der Waals surface area contributed by atoms with Gasteiger partial charge in [0, 0.05) is 19.1 Å². The van der Waals surface area contributed by atoms with Crippen LogP contribution >= 0.6 is 0 Å². The van der Waals surface area contributed by atoms with Gasteiger partial charge in [0.1, 0.15) is 0 Å². The Balaban J connectivity index is 2.16. The summed E-state index contributed by atoms with van der Waals surface area (Å²) in [5.74, 6) is 0. The van der Waals surface area contributed by atoms with Crippen molar-refractivity contribution in [2.45, 2.75) is 32.4 Å². The van der Waals surface area contributed by atoms with E-state index in [-0.39, 0.29) is 0 Å². The molecular formula is C12H20N2. The maximum absolute atomic E-state index is 5.89. The normalized spacial score (nSPS) is 12.7. The van der Waals surface area contributed by atoms with Crippen LogP contribution in [-0.4, -0.2) is 12.6 Å². The highest BCUT2D eigenvalue weighted by Gasteiger charge is 1.99. The van der Waals surface area contributed by atoms with E-state index in [1.54, 1.807) is 0 Å². The molecule has 2 nitrogen and oxygen atoms in total. The van der Waals surface area contributed by atoms with Gasteiger partial charge < -0.3 is 11.1 Å². The SMILES string of the molecule is CCCC(N)CNCc1ccccc1. The number of hydrogen-bond acceptors (Lipinski definition) is 2. The van der Waals surface area contributed by atoms with E-state index in [1.165, 1.54) is 5.56 Å². The molecule has 0 aliphatic carbocycles. The molecule has 2 heteroatoms. The van der Waals surface area contributed by atoms with Gasteiger partial charge in [-0.25, -0.2) is 0 Å². The first-order valence-corrected chi connectivity index (χ1v) is 5.33. The molecule has 1 unspecified atom stereocenters. The zero-order valence-corrected chi connectivity index (χ0v) is 8.87. The van der Waals surface area contributed by atoms with Gasteiger partial charge in [-0.2, -0.15) is 0 Å². The zero-order chi connectivity index (χ0) is 10.2. The average molecular weight is 192 g/mol. The molecule has 0 saturated heterocycles. The van der Waals surface area contributed by atoms with Crippen molar-refractivity contribution in [1.82, 2.24) is 5.32 Å². The molecule has 1 atom stereocenters. The molecule has 0 heterocycles. The molecule has 0 spiro atoms. The largest absolute Gasteiger partial charge is 0.327 e. The number of hydrogen-bond donors (Lipinski definition) is 2. The lowest BCUT2D eigenvalue weighted by atomic mass is 10.1. The second-order valence-corrected chi connectivity index (χ2v) is 3.67. The van der Waals surface area contributed by atoms with Crippen LogP contribution in [0, 0.1) is 0 Å². The van der Waals surface area contributed by atoms with Gasteiger partial charge in [0.25, 0.3) is 0 Å². The minimum absolute atomic E-state index is 0.295. The standard InChI is InChI=1S/C12H20N2/c1-2-6-12(13)10-14-9-11-7-4-3-5-8-11/h3-5,7-8,12,14H,2,6,9-10,13H2,1H3. The number of nitrogens with one attached hydrogen (secondary N) is 1. The molecule has 0 aliphatic heterocycles. The molecule has 0 amide bonds. The van der Waals surface area contributed by atoms with Crippen molar-refractivity contribution in [2.24, 2.45) is 5.73 Å². The van der Waals surface area contributed by atoms with Gasteiger partial charge in [0.2, 0.25) is 0 Å². The van der Waals surface area contributed by atoms with E-state index >= 15 is 0 Å². The molecular weight excluding hydrogens is 172 g/mol. The predicted molar refractivity (Wildman–Crippen MR) is 61.0 cm³/mol. The first kappa shape index (κ1) is 11.2. The van der Waals surface area contributed by atoms with Crippen molar-refractivity contribution in [3.05, 3.63) is 35.9 Å². The lowest BCUT2D eigenvalue weighted by Crippen LogP contribution is -2.33. The lowest BCUT2D eigenvalue weighted by Gasteiger charge is -2.11. The van der Waals surface area contributed by atoms with Crippen molar-refractivity contribution in [3.63, 3.8) is 0 Å². The van der Waals surface area contributed by atoms with Gasteiger partial charge in [0.15, 0.2) is 0 Å². The van der Waals surface area contributed by atoms with Gasteiger partial charge in [-0.15, -0.1) is 0 Å². The molecule has 0 fully saturated rings. The van der Waals surface area contributed by atoms with Crippen LogP contribution in [0.25, 0.3) is 0 Å². The Hall–Kier alpha value is -0.860. The Morgan fingerprint density at radius 1 is 1.29 bits per heavy atom. The topological polar surface area (TPSA) is 38.0 Å². The second-order valence-electron chi connectivity index (χ2n) is 3.67. The third-order valence-electron chi connectivity index (χ3n) is 2.24. The lowest BCUT2D eigenvalue weighted by molar-refractivity contribution is 0.539. The van der Waals surface area contributed by atoms with Crippen LogP contribution in [0.5, 0.6) is 0 Å². The molecule has 0 saturated carbocycles. The predicted octanol–water partition coefficient (Wildman–Crippen LogP) is 1.90. The summed E-state index contributed by atoms with van der Waals surface area (Å²) >= 11 is 0. The van der Waals surface area contributed by atoms with Gasteiger partial charge in [-0.05, 0) is 12.0 Å². The third-order valence-corrected chi connectivity index (χ3v) is 2.24. The van der Waals surface area contributed by atoms with Gasteiger partial charge in [-0.3, -0.25) is 0 Å². The molecule has 0 radical (unpaired) electrons. The summed E-state index contributed by atoms with van der Waals surface area (Å²) in [6.45, 7) is 3.98. The van der Waals surface area contributed by atoms with Gasteiger partial charge in [0.05, 0.1) is 0 Å². The fourth-order valence-electron chi connectivity index (χ4n) is 1.47. The Kier molecular flexibility index (Phi) is 5.27. The quantitative estimate of drug-likeness (QED) is 0.722. The van der Waals surface area contributed by atoms with Crippen LogP contribution in [-0.2, 0) is 6.54 Å². The van der Waals surface area contributed by atoms with E-state index in [1.807, 2.05) is 6.07 Å². The Morgan fingerprint density at radius 2 is 2.00 bits per heavy atom. The van der Waals surface area contributed by atoms with Crippen LogP contribution in [0.15, 0.2) is 30.3 Å². The molecule has 1 aromatic rings. The van der Waals surface area contributed by atoms with Gasteiger partial charge in [-0.1, -0.05) is 43.7 Å². The Labute approximate surface area is 86.5 Å². The van der Waals surface area contributed by atoms with Crippen molar-refractivity contribution in [3.8, 4) is 0 Å². The highest BCUT2D eigenvalue weighted by atomic mass is 14.9. The fraction of sp³-hybridized carbons (Fsp3) is 0.500. The highest BCUT2D eigenvalue weighted by molar-refractivity contribution is 5.14. The molecule has 0 aromatic heterocycles. The molecule has 14 heavy (non-hydrogen) atoms. The van der Waals surface area contributed by atoms with Crippen molar-refractivity contribution < 1.29 is 0 Å². The van der Waals surface area contributed by atoms with Crippen LogP contribution in [0.2, 0.25) is 0 Å². The highest BCUT2D eigenvalue weighted by Crippen LogP contribution is 1.97. The van der Waals surface area contributed by atoms with E-state index in [9.17, 15) is 0 Å². The molecule has 0 bridgehead atoms. The minimum atomic E-state index is 0.295. The molecule has 1 aromatic carbocycles. The van der Waals surface area contributed by atoms with Crippen molar-refractivity contribution >= 4 is 0 Å². The van der Waals surface area contributed by atoms with E-state index in [0.717, 1.165) is 25.9 Å². The van der Waals surface area contributed by atoms with Crippen molar-refractivity contribution in [2.75, 3.05) is 6.54 Å². The molecule has 0 aliphatic rings. The summed E-state index contributed by atoms with van der Waals surface area (Å²) < 4.78 is 0. The van der Waals surface area contributed by atoms with E-state index < -0.39 is 0 Å². The van der Waals surface area contributed by atoms with Crippen LogP contribution in [0.4, 0.5) is 0 Å². The summed E-state index contributed by atoms with van der Waals surface area (Å²) in [5.41, 5.74) is 7.20. The first-order chi connectivity index (χ1) is 6.83. The van der Waals surface area contributed by atoms with Crippen molar-refractivity contribution in [1.29, 1.82) is 0 Å². The summed E-state index contributed by atoms with van der Waals surface area (Å²) in [6.07, 6.45) is 2.26. The minimum Gasteiger partial charge on any atom is -0.327 e. The number of benzene rings is 1. The van der Waals surface area contributed by atoms with Crippen LogP contribution in [0.3, 0.4) is 0 Å². The Morgan fingerprint density at radius 3 is 2.64 bits per heavy atom. The third kappa shape index (κ3) is 4.40. The van der Waals surface area contributed by atoms with Crippen LogP contribution < -0.4 is 11.1 Å². The summed E-state index contributed by atoms with van der Waals surface area (Å²) in [4.78, 5) is 0. The molecule has 78 valence electrons. The smallest absolute Gasteiger partial charge is 0.0206 e. The van der Waals surface area contributed by atoms with E-state index in [0.29, 0.717) is 6.04 Å². The van der Waals surface area contributed by atoms with E-state index in [2.05, 4.69) is 36.5 Å². The maximum atomic E-state index is 5.89. The number of nitrogens with two attached hydrogens (primary N) is 1. The molecule has 3 N–H and O–H groups in total. The summed E-state index contributed by atoms with van der Waals surface area (Å²) in [5, 5.41) is 3.36. The van der Waals surface area contributed by atoms with E-state index in [4.69, 9.17) is 5.73 Å². The number of rotatable bonds is 6. The molecule has 1 rings (SSSR count). The Bertz CT molecular complexity index is 233. The summed E-state index contributed by atoms with van der Waals surface area (Å²) in [7, 11) is 0. The zero-order valence-electron chi connectivity index (χ0n) is 8.87. The first-order valence-electron chi connectivity index (χ1n) is 5.33. The average Bonchev–Trinajstić information content (AvgIpc) is 2.20. The maximum Gasteiger partial charge on any atom is 0.0206 e. The summed E-state index contributed by atoms with van der Waals surface area (Å²) in [6, 6.07) is 10.7.